The zero-order chi connectivity index (χ0) is 17.1. The average Bonchev–Trinajstić information content (AvgIpc) is 2.96. The summed E-state index contributed by atoms with van der Waals surface area (Å²) in [6.07, 6.45) is 0. The second kappa shape index (κ2) is 6.95. The Balaban J connectivity index is 1.67. The number of aromatic nitrogens is 2. The molecular formula is C17H13ClN4OS. The second-order valence-electron chi connectivity index (χ2n) is 5.14. The van der Waals surface area contributed by atoms with E-state index in [1.165, 1.54) is 11.8 Å². The van der Waals surface area contributed by atoms with Crippen LogP contribution in [0.1, 0.15) is 12.5 Å². The number of imidazole rings is 1. The molecule has 0 saturated heterocycles. The number of nitrogens with zero attached hydrogens (tertiary/aromatic N) is 2. The van der Waals surface area contributed by atoms with Crippen molar-refractivity contribution in [2.45, 2.75) is 17.3 Å². The molecule has 0 saturated carbocycles. The van der Waals surface area contributed by atoms with Gasteiger partial charge in [0, 0.05) is 10.7 Å². The fourth-order valence-corrected chi connectivity index (χ4v) is 3.10. The topological polar surface area (TPSA) is 81.6 Å². The normalized spacial score (nSPS) is 11.9. The van der Waals surface area contributed by atoms with Crippen LogP contribution >= 0.6 is 23.4 Å². The number of nitriles is 1. The summed E-state index contributed by atoms with van der Waals surface area (Å²) in [4.78, 5) is 19.9. The lowest BCUT2D eigenvalue weighted by atomic mass is 10.2. The highest BCUT2D eigenvalue weighted by molar-refractivity contribution is 8.00. The number of H-pyrrole nitrogens is 1. The Morgan fingerprint density at radius 1 is 1.33 bits per heavy atom. The first-order valence-electron chi connectivity index (χ1n) is 7.18. The molecule has 1 aromatic heterocycles. The number of thioether (sulfide) groups is 1. The highest BCUT2D eigenvalue weighted by Gasteiger charge is 2.17. The third kappa shape index (κ3) is 3.70. The summed E-state index contributed by atoms with van der Waals surface area (Å²) in [5, 5.41) is 12.6. The van der Waals surface area contributed by atoms with Gasteiger partial charge in [0.25, 0.3) is 0 Å². The lowest BCUT2D eigenvalue weighted by molar-refractivity contribution is -0.115. The number of carbonyl (C=O) groups excluding carboxylic acids is 1. The molecule has 2 aromatic carbocycles. The zero-order valence-electron chi connectivity index (χ0n) is 12.7. The number of benzene rings is 2. The van der Waals surface area contributed by atoms with Gasteiger partial charge in [0.15, 0.2) is 5.16 Å². The van der Waals surface area contributed by atoms with Gasteiger partial charge in [-0.05, 0) is 49.4 Å². The van der Waals surface area contributed by atoms with Crippen LogP contribution in [0.3, 0.4) is 0 Å². The first kappa shape index (κ1) is 16.4. The average molecular weight is 357 g/mol. The van der Waals surface area contributed by atoms with E-state index >= 15 is 0 Å². The molecule has 3 rings (SSSR count). The molecule has 2 N–H and O–H groups in total. The summed E-state index contributed by atoms with van der Waals surface area (Å²) in [6.45, 7) is 1.81. The molecule has 0 fully saturated rings. The minimum absolute atomic E-state index is 0.136. The first-order chi connectivity index (χ1) is 11.5. The van der Waals surface area contributed by atoms with Crippen molar-refractivity contribution in [3.8, 4) is 6.07 Å². The van der Waals surface area contributed by atoms with Crippen molar-refractivity contribution in [2.24, 2.45) is 0 Å². The number of fused-ring (bicyclic) bond motifs is 1. The molecule has 3 aromatic rings. The Morgan fingerprint density at radius 3 is 2.79 bits per heavy atom. The van der Waals surface area contributed by atoms with Gasteiger partial charge in [-0.1, -0.05) is 23.4 Å². The number of carbonyl (C=O) groups is 1. The van der Waals surface area contributed by atoms with Crippen molar-refractivity contribution >= 4 is 46.0 Å². The fraction of sp³-hybridized carbons (Fsp3) is 0.118. The van der Waals surface area contributed by atoms with E-state index in [0.29, 0.717) is 21.4 Å². The lowest BCUT2D eigenvalue weighted by Crippen LogP contribution is -2.22. The van der Waals surface area contributed by atoms with Gasteiger partial charge in [0.2, 0.25) is 5.91 Å². The van der Waals surface area contributed by atoms with Crippen LogP contribution in [0.2, 0.25) is 5.02 Å². The largest absolute Gasteiger partial charge is 0.333 e. The van der Waals surface area contributed by atoms with Gasteiger partial charge in [0.05, 0.1) is 27.9 Å². The van der Waals surface area contributed by atoms with Crippen molar-refractivity contribution in [3.63, 3.8) is 0 Å². The van der Waals surface area contributed by atoms with Crippen molar-refractivity contribution < 1.29 is 4.79 Å². The molecule has 1 heterocycles. The maximum absolute atomic E-state index is 12.3. The van der Waals surface area contributed by atoms with Crippen molar-refractivity contribution in [3.05, 3.63) is 53.1 Å². The molecule has 0 radical (unpaired) electrons. The number of aromatic amines is 1. The minimum Gasteiger partial charge on any atom is -0.333 e. The molecule has 7 heteroatoms. The smallest absolute Gasteiger partial charge is 0.237 e. The summed E-state index contributed by atoms with van der Waals surface area (Å²) in [5.74, 6) is -0.136. The number of amides is 1. The second-order valence-corrected chi connectivity index (χ2v) is 6.91. The van der Waals surface area contributed by atoms with Crippen molar-refractivity contribution in [1.82, 2.24) is 9.97 Å². The molecule has 0 unspecified atom stereocenters. The Hall–Kier alpha value is -2.49. The van der Waals surface area contributed by atoms with Crippen LogP contribution in [-0.4, -0.2) is 21.1 Å². The molecule has 5 nitrogen and oxygen atoms in total. The van der Waals surface area contributed by atoms with Gasteiger partial charge in [-0.3, -0.25) is 4.79 Å². The highest BCUT2D eigenvalue weighted by atomic mass is 35.5. The zero-order valence-corrected chi connectivity index (χ0v) is 14.3. The number of rotatable bonds is 4. The summed E-state index contributed by atoms with van der Waals surface area (Å²) in [5.41, 5.74) is 2.85. The third-order valence-corrected chi connectivity index (χ3v) is 4.58. The number of halogens is 1. The number of nitrogens with one attached hydrogen (secondary N) is 2. The van der Waals surface area contributed by atoms with Gasteiger partial charge >= 0.3 is 0 Å². The van der Waals surface area contributed by atoms with E-state index < -0.39 is 0 Å². The van der Waals surface area contributed by atoms with E-state index in [-0.39, 0.29) is 11.2 Å². The van der Waals surface area contributed by atoms with Crippen LogP contribution in [0, 0.1) is 11.3 Å². The van der Waals surface area contributed by atoms with Crippen LogP contribution < -0.4 is 5.32 Å². The number of hydrogen-bond acceptors (Lipinski definition) is 4. The van der Waals surface area contributed by atoms with E-state index in [4.69, 9.17) is 16.9 Å². The van der Waals surface area contributed by atoms with Gasteiger partial charge in [-0.25, -0.2) is 4.98 Å². The standard InChI is InChI=1S/C17H13ClN4OS/c1-10(16(23)20-13-5-2-11(9-19)3-6-13)24-17-21-14-7-4-12(18)8-15(14)22-17/h2-8,10H,1H3,(H,20,23)(H,21,22)/t10-/m0/s1. The van der Waals surface area contributed by atoms with Gasteiger partial charge < -0.3 is 10.3 Å². The molecular weight excluding hydrogens is 344 g/mol. The van der Waals surface area contributed by atoms with E-state index in [0.717, 1.165) is 11.0 Å². The first-order valence-corrected chi connectivity index (χ1v) is 8.44. The molecule has 24 heavy (non-hydrogen) atoms. The van der Waals surface area contributed by atoms with Gasteiger partial charge in [-0.2, -0.15) is 5.26 Å². The SMILES string of the molecule is C[C@H](Sc1nc2ccc(Cl)cc2[nH]1)C(=O)Nc1ccc(C#N)cc1. The van der Waals surface area contributed by atoms with E-state index in [1.807, 2.05) is 19.1 Å². The lowest BCUT2D eigenvalue weighted by Gasteiger charge is -2.10. The molecule has 120 valence electrons. The molecule has 1 amide bonds. The number of anilines is 1. The van der Waals surface area contributed by atoms with E-state index in [1.54, 1.807) is 36.4 Å². The summed E-state index contributed by atoms with van der Waals surface area (Å²) in [7, 11) is 0. The van der Waals surface area contributed by atoms with Crippen LogP contribution in [0.15, 0.2) is 47.6 Å². The van der Waals surface area contributed by atoms with Gasteiger partial charge in [-0.15, -0.1) is 0 Å². The monoisotopic (exact) mass is 356 g/mol. The summed E-state index contributed by atoms with van der Waals surface area (Å²) < 4.78 is 0. The molecule has 0 aliphatic heterocycles. The Kier molecular flexibility index (Phi) is 4.74. The maximum atomic E-state index is 12.3. The molecule has 1 atom stereocenters. The van der Waals surface area contributed by atoms with Crippen LogP contribution in [0.5, 0.6) is 0 Å². The predicted molar refractivity (Wildman–Crippen MR) is 96.2 cm³/mol. The molecule has 0 aliphatic carbocycles. The van der Waals surface area contributed by atoms with Crippen LogP contribution in [0.4, 0.5) is 5.69 Å². The fourth-order valence-electron chi connectivity index (χ4n) is 2.11. The minimum atomic E-state index is -0.336. The molecule has 0 spiro atoms. The molecule has 0 aliphatic rings. The highest BCUT2D eigenvalue weighted by Crippen LogP contribution is 2.25. The van der Waals surface area contributed by atoms with Crippen LogP contribution in [0.25, 0.3) is 11.0 Å². The van der Waals surface area contributed by atoms with Crippen molar-refractivity contribution in [1.29, 1.82) is 5.26 Å². The summed E-state index contributed by atoms with van der Waals surface area (Å²) >= 11 is 7.29. The van der Waals surface area contributed by atoms with Crippen molar-refractivity contribution in [2.75, 3.05) is 5.32 Å². The van der Waals surface area contributed by atoms with Crippen LogP contribution in [-0.2, 0) is 4.79 Å². The number of hydrogen-bond donors (Lipinski definition) is 2. The third-order valence-electron chi connectivity index (χ3n) is 3.36. The Labute approximate surface area is 148 Å². The predicted octanol–water partition coefficient (Wildman–Crippen LogP) is 4.21. The quantitative estimate of drug-likeness (QED) is 0.686. The Bertz CT molecular complexity index is 930. The van der Waals surface area contributed by atoms with E-state index in [9.17, 15) is 4.79 Å². The Morgan fingerprint density at radius 2 is 2.08 bits per heavy atom. The molecule has 0 bridgehead atoms. The summed E-state index contributed by atoms with van der Waals surface area (Å²) in [6, 6.07) is 14.2. The van der Waals surface area contributed by atoms with Gasteiger partial charge in [0.1, 0.15) is 0 Å². The maximum Gasteiger partial charge on any atom is 0.237 e. The van der Waals surface area contributed by atoms with E-state index in [2.05, 4.69) is 15.3 Å².